The van der Waals surface area contributed by atoms with Gasteiger partial charge in [-0.2, -0.15) is 0 Å². The van der Waals surface area contributed by atoms with Gasteiger partial charge in [-0.1, -0.05) is 29.8 Å². The minimum Gasteiger partial charge on any atom is -0.443 e. The van der Waals surface area contributed by atoms with E-state index in [1.54, 1.807) is 6.07 Å². The fourth-order valence-corrected chi connectivity index (χ4v) is 2.19. The molecule has 1 aromatic carbocycles. The monoisotopic (exact) mass is 326 g/mol. The summed E-state index contributed by atoms with van der Waals surface area (Å²) in [5, 5.41) is 3.30. The van der Waals surface area contributed by atoms with Crippen LogP contribution in [0.3, 0.4) is 0 Å². The van der Waals surface area contributed by atoms with Gasteiger partial charge in [-0.05, 0) is 30.7 Å². The first-order chi connectivity index (χ1) is 9.08. The molecule has 2 rings (SSSR count). The quantitative estimate of drug-likeness (QED) is 0.902. The van der Waals surface area contributed by atoms with Crippen LogP contribution in [0.4, 0.5) is 4.39 Å². The zero-order valence-electron chi connectivity index (χ0n) is 10.9. The molecule has 0 aliphatic carbocycles. The van der Waals surface area contributed by atoms with Crippen molar-refractivity contribution in [2.75, 3.05) is 6.54 Å². The second kappa shape index (κ2) is 6.30. The number of rotatable bonds is 5. The molecule has 1 aromatic heterocycles. The van der Waals surface area contributed by atoms with Crippen LogP contribution in [0.2, 0.25) is 0 Å². The van der Waals surface area contributed by atoms with Crippen molar-refractivity contribution in [1.82, 2.24) is 10.3 Å². The third kappa shape index (κ3) is 3.64. The van der Waals surface area contributed by atoms with E-state index in [1.807, 2.05) is 0 Å². The molecule has 0 atom stereocenters. The van der Waals surface area contributed by atoms with E-state index in [0.29, 0.717) is 23.8 Å². The van der Waals surface area contributed by atoms with E-state index in [0.717, 1.165) is 16.7 Å². The van der Waals surface area contributed by atoms with E-state index >= 15 is 0 Å². The summed E-state index contributed by atoms with van der Waals surface area (Å²) in [5.41, 5.74) is 1.46. The third-order valence-corrected chi connectivity index (χ3v) is 3.35. The highest BCUT2D eigenvalue weighted by Gasteiger charge is 2.14. The number of benzene rings is 1. The van der Waals surface area contributed by atoms with Crippen molar-refractivity contribution < 1.29 is 8.81 Å². The number of aromatic nitrogens is 1. The molecule has 1 heterocycles. The van der Waals surface area contributed by atoms with Crippen LogP contribution in [0.1, 0.15) is 19.5 Å². The standard InChI is InChI=1S/C14H16BrFN2O/c1-9(2)6-17-7-13-14(19-8-18-13)11-5-10(16)3-4-12(11)15/h3-5,8-9,17H,6-7H2,1-2H3. The minimum absolute atomic E-state index is 0.296. The SMILES string of the molecule is CC(C)CNCc1ncoc1-c1cc(F)ccc1Br. The highest BCUT2D eigenvalue weighted by atomic mass is 79.9. The van der Waals surface area contributed by atoms with E-state index in [-0.39, 0.29) is 5.82 Å². The van der Waals surface area contributed by atoms with Gasteiger partial charge in [-0.25, -0.2) is 9.37 Å². The largest absolute Gasteiger partial charge is 0.443 e. The van der Waals surface area contributed by atoms with Crippen LogP contribution in [-0.2, 0) is 6.54 Å². The second-order valence-corrected chi connectivity index (χ2v) is 5.63. The van der Waals surface area contributed by atoms with Crippen molar-refractivity contribution >= 4 is 15.9 Å². The van der Waals surface area contributed by atoms with Gasteiger partial charge in [0, 0.05) is 16.6 Å². The van der Waals surface area contributed by atoms with E-state index in [2.05, 4.69) is 40.1 Å². The van der Waals surface area contributed by atoms with Crippen molar-refractivity contribution in [2.24, 2.45) is 5.92 Å². The number of oxazole rings is 1. The van der Waals surface area contributed by atoms with Gasteiger partial charge in [0.25, 0.3) is 0 Å². The van der Waals surface area contributed by atoms with Crippen LogP contribution >= 0.6 is 15.9 Å². The molecule has 5 heteroatoms. The summed E-state index contributed by atoms with van der Waals surface area (Å²) in [4.78, 5) is 4.19. The van der Waals surface area contributed by atoms with Crippen LogP contribution in [0, 0.1) is 11.7 Å². The molecule has 0 saturated carbocycles. The maximum absolute atomic E-state index is 13.3. The molecule has 0 aliphatic heterocycles. The van der Waals surface area contributed by atoms with E-state index in [4.69, 9.17) is 4.42 Å². The topological polar surface area (TPSA) is 38.1 Å². The molecule has 0 amide bonds. The molecule has 19 heavy (non-hydrogen) atoms. The van der Waals surface area contributed by atoms with Crippen molar-refractivity contribution in [1.29, 1.82) is 0 Å². The van der Waals surface area contributed by atoms with Gasteiger partial charge >= 0.3 is 0 Å². The number of halogens is 2. The average molecular weight is 327 g/mol. The van der Waals surface area contributed by atoms with Crippen molar-refractivity contribution in [3.8, 4) is 11.3 Å². The fraction of sp³-hybridized carbons (Fsp3) is 0.357. The molecule has 0 saturated heterocycles. The Morgan fingerprint density at radius 3 is 2.95 bits per heavy atom. The Bertz CT molecular complexity index is 554. The predicted molar refractivity (Wildman–Crippen MR) is 76.1 cm³/mol. The molecular weight excluding hydrogens is 311 g/mol. The lowest BCUT2D eigenvalue weighted by Gasteiger charge is -2.07. The molecule has 0 spiro atoms. The molecule has 1 N–H and O–H groups in total. The maximum Gasteiger partial charge on any atom is 0.181 e. The van der Waals surface area contributed by atoms with Gasteiger partial charge in [0.05, 0.1) is 0 Å². The van der Waals surface area contributed by atoms with Crippen molar-refractivity contribution in [3.05, 3.63) is 40.6 Å². The van der Waals surface area contributed by atoms with Crippen molar-refractivity contribution in [2.45, 2.75) is 20.4 Å². The maximum atomic E-state index is 13.3. The zero-order chi connectivity index (χ0) is 13.8. The lowest BCUT2D eigenvalue weighted by molar-refractivity contribution is 0.544. The molecule has 0 radical (unpaired) electrons. The normalized spacial score (nSPS) is 11.2. The van der Waals surface area contributed by atoms with E-state index in [9.17, 15) is 4.39 Å². The first-order valence-corrected chi connectivity index (χ1v) is 6.95. The van der Waals surface area contributed by atoms with Crippen LogP contribution in [0.5, 0.6) is 0 Å². The summed E-state index contributed by atoms with van der Waals surface area (Å²) < 4.78 is 19.5. The fourth-order valence-electron chi connectivity index (χ4n) is 1.76. The first-order valence-electron chi connectivity index (χ1n) is 6.16. The average Bonchev–Trinajstić information content (AvgIpc) is 2.80. The number of hydrogen-bond acceptors (Lipinski definition) is 3. The Morgan fingerprint density at radius 2 is 2.21 bits per heavy atom. The summed E-state index contributed by atoms with van der Waals surface area (Å²) in [6.07, 6.45) is 1.39. The van der Waals surface area contributed by atoms with E-state index < -0.39 is 0 Å². The van der Waals surface area contributed by atoms with Gasteiger partial charge in [0.2, 0.25) is 0 Å². The van der Waals surface area contributed by atoms with E-state index in [1.165, 1.54) is 18.5 Å². The molecule has 0 bridgehead atoms. The highest BCUT2D eigenvalue weighted by Crippen LogP contribution is 2.31. The van der Waals surface area contributed by atoms with Crippen LogP contribution in [-0.4, -0.2) is 11.5 Å². The Morgan fingerprint density at radius 1 is 1.42 bits per heavy atom. The Kier molecular flexibility index (Phi) is 4.71. The highest BCUT2D eigenvalue weighted by molar-refractivity contribution is 9.10. The van der Waals surface area contributed by atoms with Crippen LogP contribution in [0.25, 0.3) is 11.3 Å². The Balaban J connectivity index is 2.21. The van der Waals surface area contributed by atoms with Gasteiger partial charge in [-0.15, -0.1) is 0 Å². The number of nitrogens with zero attached hydrogens (tertiary/aromatic N) is 1. The Hall–Kier alpha value is -1.20. The second-order valence-electron chi connectivity index (χ2n) is 4.78. The lowest BCUT2D eigenvalue weighted by Crippen LogP contribution is -2.19. The minimum atomic E-state index is -0.296. The first kappa shape index (κ1) is 14.2. The van der Waals surface area contributed by atoms with Gasteiger partial charge in [0.15, 0.2) is 12.2 Å². The molecule has 2 aromatic rings. The molecule has 0 unspecified atom stereocenters. The van der Waals surface area contributed by atoms with Crippen molar-refractivity contribution in [3.63, 3.8) is 0 Å². The zero-order valence-corrected chi connectivity index (χ0v) is 12.5. The smallest absolute Gasteiger partial charge is 0.181 e. The molecule has 0 fully saturated rings. The predicted octanol–water partition coefficient (Wildman–Crippen LogP) is 3.99. The molecule has 0 aliphatic rings. The molecule has 3 nitrogen and oxygen atoms in total. The van der Waals surface area contributed by atoms with Crippen LogP contribution < -0.4 is 5.32 Å². The van der Waals surface area contributed by atoms with Gasteiger partial charge in [0.1, 0.15) is 11.5 Å². The summed E-state index contributed by atoms with van der Waals surface area (Å²) in [5.74, 6) is 0.870. The lowest BCUT2D eigenvalue weighted by atomic mass is 10.1. The Labute approximate surface area is 120 Å². The number of hydrogen-bond donors (Lipinski definition) is 1. The molecular formula is C14H16BrFN2O. The van der Waals surface area contributed by atoms with Crippen LogP contribution in [0.15, 0.2) is 33.5 Å². The number of nitrogens with one attached hydrogen (secondary N) is 1. The summed E-state index contributed by atoms with van der Waals surface area (Å²) >= 11 is 3.40. The van der Waals surface area contributed by atoms with Gasteiger partial charge < -0.3 is 9.73 Å². The summed E-state index contributed by atoms with van der Waals surface area (Å²) in [7, 11) is 0. The third-order valence-electron chi connectivity index (χ3n) is 2.66. The van der Waals surface area contributed by atoms with Gasteiger partial charge in [-0.3, -0.25) is 0 Å². The summed E-state index contributed by atoms with van der Waals surface area (Å²) in [6.45, 7) is 5.78. The molecule has 102 valence electrons. The summed E-state index contributed by atoms with van der Waals surface area (Å²) in [6, 6.07) is 4.51.